The first-order valence-electron chi connectivity index (χ1n) is 8.54. The SMILES string of the molecule is CCC(C)(CC(C)(C)C(=O)NS(C)(=O)=O)C(=O)OC1(C)CCOC(=O)C1. The molecular weight excluding hydrogens is 362 g/mol. The fourth-order valence-corrected chi connectivity index (χ4v) is 3.58. The summed E-state index contributed by atoms with van der Waals surface area (Å²) in [6.45, 7) is 8.50. The molecule has 0 aromatic rings. The number of carbonyl (C=O) groups excluding carboxylic acids is 3. The zero-order chi connectivity index (χ0) is 20.4. The molecule has 1 rings (SSSR count). The van der Waals surface area contributed by atoms with Crippen molar-refractivity contribution < 1.29 is 32.3 Å². The van der Waals surface area contributed by atoms with Crippen LogP contribution in [0.5, 0.6) is 0 Å². The zero-order valence-corrected chi connectivity index (χ0v) is 17.1. The number of nitrogens with one attached hydrogen (secondary N) is 1. The summed E-state index contributed by atoms with van der Waals surface area (Å²) in [5, 5.41) is 0. The molecule has 1 saturated heterocycles. The summed E-state index contributed by atoms with van der Waals surface area (Å²) in [5.41, 5.74) is -3.07. The van der Waals surface area contributed by atoms with Gasteiger partial charge in [0.2, 0.25) is 15.9 Å². The number of carbonyl (C=O) groups is 3. The van der Waals surface area contributed by atoms with Crippen LogP contribution in [0.4, 0.5) is 0 Å². The predicted molar refractivity (Wildman–Crippen MR) is 94.5 cm³/mol. The number of cyclic esters (lactones) is 1. The van der Waals surface area contributed by atoms with E-state index in [1.807, 2.05) is 4.72 Å². The molecule has 1 N–H and O–H groups in total. The number of rotatable bonds is 7. The van der Waals surface area contributed by atoms with Gasteiger partial charge in [-0.15, -0.1) is 0 Å². The number of esters is 2. The molecule has 1 amide bonds. The van der Waals surface area contributed by atoms with Crippen molar-refractivity contribution >= 4 is 27.9 Å². The molecule has 2 unspecified atom stereocenters. The molecule has 0 saturated carbocycles. The fourth-order valence-electron chi connectivity index (χ4n) is 2.96. The summed E-state index contributed by atoms with van der Waals surface area (Å²) in [4.78, 5) is 36.6. The minimum atomic E-state index is -3.69. The van der Waals surface area contributed by atoms with Crippen LogP contribution in [0, 0.1) is 10.8 Å². The first-order valence-corrected chi connectivity index (χ1v) is 10.4. The Morgan fingerprint density at radius 2 is 1.88 bits per heavy atom. The zero-order valence-electron chi connectivity index (χ0n) is 16.3. The largest absolute Gasteiger partial charge is 0.465 e. The molecule has 8 nitrogen and oxygen atoms in total. The summed E-state index contributed by atoms with van der Waals surface area (Å²) in [7, 11) is -3.69. The topological polar surface area (TPSA) is 116 Å². The van der Waals surface area contributed by atoms with Crippen LogP contribution in [0.3, 0.4) is 0 Å². The fraction of sp³-hybridized carbons (Fsp3) is 0.824. The van der Waals surface area contributed by atoms with E-state index in [2.05, 4.69) is 0 Å². The Hall–Kier alpha value is -1.64. The van der Waals surface area contributed by atoms with Gasteiger partial charge in [-0.05, 0) is 26.7 Å². The molecule has 1 heterocycles. The van der Waals surface area contributed by atoms with Gasteiger partial charge in [0, 0.05) is 11.8 Å². The van der Waals surface area contributed by atoms with E-state index in [-0.39, 0.29) is 19.4 Å². The third-order valence-corrected chi connectivity index (χ3v) is 5.31. The Morgan fingerprint density at radius 3 is 2.35 bits per heavy atom. The van der Waals surface area contributed by atoms with Crippen LogP contribution < -0.4 is 4.72 Å². The van der Waals surface area contributed by atoms with Gasteiger partial charge in [-0.1, -0.05) is 20.8 Å². The average molecular weight is 391 g/mol. The van der Waals surface area contributed by atoms with Gasteiger partial charge < -0.3 is 9.47 Å². The number of hydrogen-bond acceptors (Lipinski definition) is 7. The molecule has 2 atom stereocenters. The van der Waals surface area contributed by atoms with Crippen molar-refractivity contribution in [3.8, 4) is 0 Å². The van der Waals surface area contributed by atoms with Crippen LogP contribution in [-0.4, -0.2) is 44.7 Å². The molecule has 0 bridgehead atoms. The first kappa shape index (κ1) is 22.4. The third kappa shape index (κ3) is 5.96. The molecule has 0 aliphatic carbocycles. The van der Waals surface area contributed by atoms with Gasteiger partial charge in [0.1, 0.15) is 5.60 Å². The van der Waals surface area contributed by atoms with Crippen LogP contribution in [0.1, 0.15) is 60.3 Å². The predicted octanol–water partition coefficient (Wildman–Crippen LogP) is 1.53. The lowest BCUT2D eigenvalue weighted by molar-refractivity contribution is -0.184. The molecule has 1 fully saturated rings. The van der Waals surface area contributed by atoms with Crippen molar-refractivity contribution in [1.29, 1.82) is 0 Å². The quantitative estimate of drug-likeness (QED) is 0.654. The number of hydrogen-bond donors (Lipinski definition) is 1. The van der Waals surface area contributed by atoms with Gasteiger partial charge in [-0.3, -0.25) is 19.1 Å². The second kappa shape index (κ2) is 7.54. The standard InChI is InChI=1S/C17H29NO7S/c1-7-16(4,11-15(2,3)13(20)18-26(6,22)23)14(21)25-17(5)8-9-24-12(19)10-17/h7-11H2,1-6H3,(H,18,20). The maximum atomic E-state index is 12.8. The van der Waals surface area contributed by atoms with E-state index in [9.17, 15) is 22.8 Å². The summed E-state index contributed by atoms with van der Waals surface area (Å²) >= 11 is 0. The van der Waals surface area contributed by atoms with Gasteiger partial charge in [-0.2, -0.15) is 0 Å². The van der Waals surface area contributed by atoms with E-state index in [0.29, 0.717) is 12.8 Å². The summed E-state index contributed by atoms with van der Waals surface area (Å²) in [6.07, 6.45) is 1.77. The van der Waals surface area contributed by atoms with Crippen LogP contribution >= 0.6 is 0 Å². The average Bonchev–Trinajstić information content (AvgIpc) is 2.43. The van der Waals surface area contributed by atoms with Crippen molar-refractivity contribution in [2.24, 2.45) is 10.8 Å². The molecular formula is C17H29NO7S. The highest BCUT2D eigenvalue weighted by molar-refractivity contribution is 7.89. The molecule has 1 aliphatic heterocycles. The maximum absolute atomic E-state index is 12.8. The van der Waals surface area contributed by atoms with Crippen molar-refractivity contribution in [3.05, 3.63) is 0 Å². The molecule has 0 aromatic heterocycles. The Morgan fingerprint density at radius 1 is 1.31 bits per heavy atom. The Balaban J connectivity index is 2.93. The Bertz CT molecular complexity index is 685. The van der Waals surface area contributed by atoms with E-state index < -0.39 is 44.3 Å². The lowest BCUT2D eigenvalue weighted by Gasteiger charge is -2.38. The monoisotopic (exact) mass is 391 g/mol. The molecule has 26 heavy (non-hydrogen) atoms. The van der Waals surface area contributed by atoms with Crippen LogP contribution in [0.15, 0.2) is 0 Å². The number of ether oxygens (including phenoxy) is 2. The van der Waals surface area contributed by atoms with Gasteiger partial charge >= 0.3 is 11.9 Å². The second-order valence-corrected chi connectivity index (χ2v) is 9.91. The molecule has 0 radical (unpaired) electrons. The molecule has 0 aromatic carbocycles. The summed E-state index contributed by atoms with van der Waals surface area (Å²) in [5.74, 6) is -1.62. The van der Waals surface area contributed by atoms with Gasteiger partial charge in [-0.25, -0.2) is 8.42 Å². The Kier molecular flexibility index (Phi) is 6.50. The van der Waals surface area contributed by atoms with E-state index in [0.717, 1.165) is 6.26 Å². The van der Waals surface area contributed by atoms with E-state index in [1.165, 1.54) is 0 Å². The minimum Gasteiger partial charge on any atom is -0.465 e. The highest BCUT2D eigenvalue weighted by atomic mass is 32.2. The Labute approximate surface area is 155 Å². The lowest BCUT2D eigenvalue weighted by atomic mass is 9.72. The van der Waals surface area contributed by atoms with E-state index in [1.54, 1.807) is 34.6 Å². The second-order valence-electron chi connectivity index (χ2n) is 8.16. The van der Waals surface area contributed by atoms with Crippen LogP contribution in [0.2, 0.25) is 0 Å². The van der Waals surface area contributed by atoms with Crippen molar-refractivity contribution in [1.82, 2.24) is 4.72 Å². The van der Waals surface area contributed by atoms with E-state index >= 15 is 0 Å². The number of sulfonamides is 1. The van der Waals surface area contributed by atoms with Crippen molar-refractivity contribution in [3.63, 3.8) is 0 Å². The van der Waals surface area contributed by atoms with Gasteiger partial charge in [0.25, 0.3) is 0 Å². The first-order chi connectivity index (χ1) is 11.6. The minimum absolute atomic E-state index is 0.0174. The third-order valence-electron chi connectivity index (χ3n) is 4.75. The van der Waals surface area contributed by atoms with Crippen molar-refractivity contribution in [2.45, 2.75) is 65.9 Å². The van der Waals surface area contributed by atoms with Gasteiger partial charge in [0.15, 0.2) is 0 Å². The lowest BCUT2D eigenvalue weighted by Crippen LogP contribution is -2.47. The van der Waals surface area contributed by atoms with Gasteiger partial charge in [0.05, 0.1) is 24.7 Å². The van der Waals surface area contributed by atoms with Crippen LogP contribution in [-0.2, 0) is 33.9 Å². The molecule has 1 aliphatic rings. The van der Waals surface area contributed by atoms with E-state index in [4.69, 9.17) is 9.47 Å². The highest BCUT2D eigenvalue weighted by Crippen LogP contribution is 2.40. The highest BCUT2D eigenvalue weighted by Gasteiger charge is 2.46. The summed E-state index contributed by atoms with van der Waals surface area (Å²) in [6, 6.07) is 0. The molecule has 0 spiro atoms. The van der Waals surface area contributed by atoms with Crippen LogP contribution in [0.25, 0.3) is 0 Å². The molecule has 9 heteroatoms. The smallest absolute Gasteiger partial charge is 0.312 e. The maximum Gasteiger partial charge on any atom is 0.312 e. The van der Waals surface area contributed by atoms with Crippen molar-refractivity contribution in [2.75, 3.05) is 12.9 Å². The summed E-state index contributed by atoms with van der Waals surface area (Å²) < 4.78 is 35.1. The number of amides is 1. The molecule has 150 valence electrons. The normalized spacial score (nSPS) is 23.5.